The molecular weight excluding hydrogens is 240 g/mol. The fraction of sp³-hybridized carbons (Fsp3) is 0.500. The van der Waals surface area contributed by atoms with Crippen LogP contribution in [0.2, 0.25) is 5.02 Å². The highest BCUT2D eigenvalue weighted by Gasteiger charge is 2.15. The predicted molar refractivity (Wildman–Crippen MR) is 68.5 cm³/mol. The van der Waals surface area contributed by atoms with Gasteiger partial charge in [-0.25, -0.2) is 0 Å². The molecule has 0 amide bonds. The molecular formula is C12H17ClN2O2. The molecule has 1 fully saturated rings. The van der Waals surface area contributed by atoms with Crippen molar-refractivity contribution in [3.05, 3.63) is 28.8 Å². The average Bonchev–Trinajstić information content (AvgIpc) is 2.38. The molecule has 1 aliphatic heterocycles. The van der Waals surface area contributed by atoms with Gasteiger partial charge in [0, 0.05) is 19.6 Å². The summed E-state index contributed by atoms with van der Waals surface area (Å²) in [5.41, 5.74) is 7.16. The maximum Gasteiger partial charge on any atom is 0.0912 e. The van der Waals surface area contributed by atoms with E-state index in [9.17, 15) is 5.11 Å². The van der Waals surface area contributed by atoms with Gasteiger partial charge in [-0.2, -0.15) is 0 Å². The van der Waals surface area contributed by atoms with Gasteiger partial charge in [0.05, 0.1) is 30.0 Å². The maximum atomic E-state index is 9.64. The van der Waals surface area contributed by atoms with Crippen LogP contribution in [0.1, 0.15) is 11.7 Å². The van der Waals surface area contributed by atoms with Crippen LogP contribution < -0.4 is 10.6 Å². The first-order valence-corrected chi connectivity index (χ1v) is 6.10. The Balaban J connectivity index is 2.18. The SMILES string of the molecule is NCC(O)c1ccc(N2CCOCC2)c(Cl)c1. The number of ether oxygens (including phenoxy) is 1. The van der Waals surface area contributed by atoms with Gasteiger partial charge in [0.2, 0.25) is 0 Å². The topological polar surface area (TPSA) is 58.7 Å². The molecule has 17 heavy (non-hydrogen) atoms. The fourth-order valence-corrected chi connectivity index (χ4v) is 2.24. The van der Waals surface area contributed by atoms with Crippen molar-refractivity contribution in [2.24, 2.45) is 5.73 Å². The lowest BCUT2D eigenvalue weighted by atomic mass is 10.1. The Hall–Kier alpha value is -0.810. The van der Waals surface area contributed by atoms with Gasteiger partial charge in [-0.3, -0.25) is 0 Å². The first kappa shape index (κ1) is 12.6. The number of nitrogens with zero attached hydrogens (tertiary/aromatic N) is 1. The standard InChI is InChI=1S/C12H17ClN2O2/c13-10-7-9(12(16)8-14)1-2-11(10)15-3-5-17-6-4-15/h1-2,7,12,16H,3-6,8,14H2. The van der Waals surface area contributed by atoms with E-state index in [-0.39, 0.29) is 6.54 Å². The molecule has 1 aromatic carbocycles. The molecule has 1 aromatic rings. The molecule has 0 radical (unpaired) electrons. The number of nitrogens with two attached hydrogens (primary N) is 1. The lowest BCUT2D eigenvalue weighted by Gasteiger charge is -2.29. The first-order valence-electron chi connectivity index (χ1n) is 5.72. The summed E-state index contributed by atoms with van der Waals surface area (Å²) in [4.78, 5) is 2.18. The Labute approximate surface area is 106 Å². The van der Waals surface area contributed by atoms with Gasteiger partial charge in [-0.05, 0) is 17.7 Å². The van der Waals surface area contributed by atoms with E-state index in [4.69, 9.17) is 22.1 Å². The predicted octanol–water partition coefficient (Wildman–Crippen LogP) is 1.17. The van der Waals surface area contributed by atoms with Crippen LogP contribution in [0.15, 0.2) is 18.2 Å². The zero-order valence-corrected chi connectivity index (χ0v) is 10.4. The molecule has 0 spiro atoms. The van der Waals surface area contributed by atoms with Gasteiger partial charge in [0.1, 0.15) is 0 Å². The number of morpholine rings is 1. The number of benzene rings is 1. The number of aliphatic hydroxyl groups is 1. The highest BCUT2D eigenvalue weighted by molar-refractivity contribution is 6.33. The molecule has 0 bridgehead atoms. The van der Waals surface area contributed by atoms with Crippen LogP contribution in [-0.4, -0.2) is 38.0 Å². The Kier molecular flexibility index (Phi) is 4.23. The van der Waals surface area contributed by atoms with Gasteiger partial charge < -0.3 is 20.5 Å². The summed E-state index contributed by atoms with van der Waals surface area (Å²) in [7, 11) is 0. The van der Waals surface area contributed by atoms with Gasteiger partial charge in [-0.15, -0.1) is 0 Å². The Morgan fingerprint density at radius 2 is 2.12 bits per heavy atom. The van der Waals surface area contributed by atoms with Crippen LogP contribution in [-0.2, 0) is 4.74 Å². The maximum absolute atomic E-state index is 9.64. The Bertz CT molecular complexity index is 381. The van der Waals surface area contributed by atoms with E-state index in [1.54, 1.807) is 6.07 Å². The van der Waals surface area contributed by atoms with Gasteiger partial charge in [0.25, 0.3) is 0 Å². The summed E-state index contributed by atoms with van der Waals surface area (Å²) in [5.74, 6) is 0. The van der Waals surface area contributed by atoms with Crippen LogP contribution in [0.4, 0.5) is 5.69 Å². The Morgan fingerprint density at radius 3 is 2.71 bits per heavy atom. The number of hydrogen-bond acceptors (Lipinski definition) is 4. The summed E-state index contributed by atoms with van der Waals surface area (Å²) >= 11 is 6.23. The van der Waals surface area contributed by atoms with Crippen molar-refractivity contribution < 1.29 is 9.84 Å². The minimum atomic E-state index is -0.647. The molecule has 0 saturated carbocycles. The van der Waals surface area contributed by atoms with Crippen LogP contribution >= 0.6 is 11.6 Å². The van der Waals surface area contributed by atoms with Crippen molar-refractivity contribution in [1.29, 1.82) is 0 Å². The average molecular weight is 257 g/mol. The molecule has 94 valence electrons. The molecule has 1 unspecified atom stereocenters. The van der Waals surface area contributed by atoms with E-state index in [0.717, 1.165) is 37.6 Å². The van der Waals surface area contributed by atoms with Crippen LogP contribution in [0.5, 0.6) is 0 Å². The van der Waals surface area contributed by atoms with E-state index in [1.165, 1.54) is 0 Å². The van der Waals surface area contributed by atoms with Crippen molar-refractivity contribution in [3.63, 3.8) is 0 Å². The minimum Gasteiger partial charge on any atom is -0.387 e. The van der Waals surface area contributed by atoms with Crippen molar-refractivity contribution in [3.8, 4) is 0 Å². The second kappa shape index (κ2) is 5.69. The lowest BCUT2D eigenvalue weighted by molar-refractivity contribution is 0.122. The normalized spacial score (nSPS) is 18.2. The summed E-state index contributed by atoms with van der Waals surface area (Å²) in [6, 6.07) is 5.58. The van der Waals surface area contributed by atoms with Gasteiger partial charge in [0.15, 0.2) is 0 Å². The van der Waals surface area contributed by atoms with E-state index in [1.807, 2.05) is 12.1 Å². The van der Waals surface area contributed by atoms with Crippen molar-refractivity contribution in [2.45, 2.75) is 6.10 Å². The molecule has 1 saturated heterocycles. The van der Waals surface area contributed by atoms with Gasteiger partial charge in [-0.1, -0.05) is 17.7 Å². The summed E-state index contributed by atoms with van der Waals surface area (Å²) in [5, 5.41) is 10.3. The fourth-order valence-electron chi connectivity index (χ4n) is 1.93. The smallest absolute Gasteiger partial charge is 0.0912 e. The van der Waals surface area contributed by atoms with Crippen LogP contribution in [0.25, 0.3) is 0 Å². The molecule has 1 aliphatic rings. The molecule has 0 aromatic heterocycles. The molecule has 1 heterocycles. The van der Waals surface area contributed by atoms with Gasteiger partial charge >= 0.3 is 0 Å². The van der Waals surface area contributed by atoms with Crippen molar-refractivity contribution in [1.82, 2.24) is 0 Å². The third kappa shape index (κ3) is 2.90. The molecule has 3 N–H and O–H groups in total. The summed E-state index contributed by atoms with van der Waals surface area (Å²) in [6.07, 6.45) is -0.647. The van der Waals surface area contributed by atoms with E-state index in [2.05, 4.69) is 4.90 Å². The summed E-state index contributed by atoms with van der Waals surface area (Å²) < 4.78 is 5.30. The van der Waals surface area contributed by atoms with Crippen molar-refractivity contribution >= 4 is 17.3 Å². The van der Waals surface area contributed by atoms with E-state index >= 15 is 0 Å². The number of anilines is 1. The third-order valence-electron chi connectivity index (χ3n) is 2.93. The minimum absolute atomic E-state index is 0.202. The van der Waals surface area contributed by atoms with E-state index in [0.29, 0.717) is 5.02 Å². The van der Waals surface area contributed by atoms with Crippen LogP contribution in [0.3, 0.4) is 0 Å². The molecule has 1 atom stereocenters. The molecule has 5 heteroatoms. The second-order valence-corrected chi connectivity index (χ2v) is 4.47. The number of rotatable bonds is 3. The largest absolute Gasteiger partial charge is 0.387 e. The monoisotopic (exact) mass is 256 g/mol. The lowest BCUT2D eigenvalue weighted by Crippen LogP contribution is -2.36. The number of aliphatic hydroxyl groups excluding tert-OH is 1. The second-order valence-electron chi connectivity index (χ2n) is 4.06. The molecule has 2 rings (SSSR count). The number of halogens is 1. The highest BCUT2D eigenvalue weighted by Crippen LogP contribution is 2.29. The zero-order valence-electron chi connectivity index (χ0n) is 9.60. The quantitative estimate of drug-likeness (QED) is 0.852. The third-order valence-corrected chi connectivity index (χ3v) is 3.23. The molecule has 0 aliphatic carbocycles. The van der Waals surface area contributed by atoms with E-state index < -0.39 is 6.10 Å². The van der Waals surface area contributed by atoms with Crippen LogP contribution in [0, 0.1) is 0 Å². The summed E-state index contributed by atoms with van der Waals surface area (Å²) in [6.45, 7) is 3.34. The Morgan fingerprint density at radius 1 is 1.41 bits per heavy atom. The zero-order chi connectivity index (χ0) is 12.3. The number of hydrogen-bond donors (Lipinski definition) is 2. The first-order chi connectivity index (χ1) is 8.22. The van der Waals surface area contributed by atoms with Crippen molar-refractivity contribution in [2.75, 3.05) is 37.7 Å². The highest BCUT2D eigenvalue weighted by atomic mass is 35.5. The molecule has 4 nitrogen and oxygen atoms in total.